The number of hydrogen-bond donors (Lipinski definition) is 0. The van der Waals surface area contributed by atoms with Crippen molar-refractivity contribution < 1.29 is 0 Å². The van der Waals surface area contributed by atoms with Crippen LogP contribution < -0.4 is 4.90 Å². The molecule has 0 bridgehead atoms. The molecule has 1 atom stereocenters. The summed E-state index contributed by atoms with van der Waals surface area (Å²) >= 11 is 3.80. The summed E-state index contributed by atoms with van der Waals surface area (Å²) in [5.41, 5.74) is 16.1. The van der Waals surface area contributed by atoms with E-state index in [2.05, 4.69) is 205 Å². The summed E-state index contributed by atoms with van der Waals surface area (Å²) in [5.74, 6) is 0. The van der Waals surface area contributed by atoms with E-state index in [1.54, 1.807) is 0 Å². The zero-order valence-electron chi connectivity index (χ0n) is 31.3. The molecule has 0 saturated carbocycles. The normalized spacial score (nSPS) is 15.0. The van der Waals surface area contributed by atoms with E-state index in [9.17, 15) is 0 Å². The number of benzene rings is 9. The lowest BCUT2D eigenvalue weighted by Crippen LogP contribution is -2.26. The van der Waals surface area contributed by atoms with Crippen LogP contribution >= 0.6 is 22.7 Å². The lowest BCUT2D eigenvalue weighted by atomic mass is 9.70. The average Bonchev–Trinajstić information content (AvgIpc) is 4.02. The summed E-state index contributed by atoms with van der Waals surface area (Å²) in [6.07, 6.45) is 0. The van der Waals surface area contributed by atoms with E-state index in [-0.39, 0.29) is 0 Å². The van der Waals surface area contributed by atoms with Gasteiger partial charge in [-0.05, 0) is 81.4 Å². The number of anilines is 3. The smallest absolute Gasteiger partial charge is 0.0726 e. The van der Waals surface area contributed by atoms with Gasteiger partial charge in [-0.2, -0.15) is 0 Å². The number of para-hydroxylation sites is 1. The monoisotopic (exact) mass is 771 g/mol. The van der Waals surface area contributed by atoms with Crippen LogP contribution in [-0.4, -0.2) is 0 Å². The van der Waals surface area contributed by atoms with Crippen LogP contribution in [0.3, 0.4) is 0 Å². The van der Waals surface area contributed by atoms with Crippen molar-refractivity contribution in [1.82, 2.24) is 0 Å². The molecule has 2 aliphatic rings. The van der Waals surface area contributed by atoms with Crippen LogP contribution in [-0.2, 0) is 5.41 Å². The van der Waals surface area contributed by atoms with E-state index < -0.39 is 5.41 Å². The van der Waals surface area contributed by atoms with Crippen molar-refractivity contribution in [3.8, 4) is 33.4 Å². The van der Waals surface area contributed by atoms with E-state index in [1.165, 1.54) is 102 Å². The molecule has 1 nitrogen and oxygen atoms in total. The largest absolute Gasteiger partial charge is 0.309 e. The van der Waals surface area contributed by atoms with Crippen LogP contribution in [0.1, 0.15) is 22.3 Å². The van der Waals surface area contributed by atoms with E-state index in [0.717, 1.165) is 11.4 Å². The summed E-state index contributed by atoms with van der Waals surface area (Å²) in [7, 11) is 0. The Balaban J connectivity index is 1.14. The quantitative estimate of drug-likeness (QED) is 0.172. The van der Waals surface area contributed by atoms with Crippen LogP contribution in [0.25, 0.3) is 73.7 Å². The Morgan fingerprint density at radius 2 is 0.914 bits per heavy atom. The van der Waals surface area contributed by atoms with Gasteiger partial charge in [0.2, 0.25) is 0 Å². The second-order valence-electron chi connectivity index (χ2n) is 15.5. The number of hydrogen-bond acceptors (Lipinski definition) is 3. The molecular formula is C55H33NS2. The van der Waals surface area contributed by atoms with Gasteiger partial charge >= 0.3 is 0 Å². The molecule has 2 aromatic heterocycles. The number of nitrogens with zero attached hydrogens (tertiary/aromatic N) is 1. The maximum atomic E-state index is 2.54. The van der Waals surface area contributed by atoms with Gasteiger partial charge in [0.25, 0.3) is 0 Å². The standard InChI is InChI=1S/C55H33NS2/c1-2-15-34(16-3-1)36-17-6-11-25-47(36)56(35-29-32-51-42(33-35)38-19-8-12-27-49(38)57-51)48-26-14-24-45-52(48)40-20-4-9-22-43(40)55(45)44-23-10-5-21-41(44)53-46(55)31-30-39-37-18-7-13-28-50(37)58-54(39)53/h1-33H. The Morgan fingerprint density at radius 1 is 0.345 bits per heavy atom. The number of rotatable bonds is 4. The molecule has 0 radical (unpaired) electrons. The minimum absolute atomic E-state index is 0.476. The summed E-state index contributed by atoms with van der Waals surface area (Å²) in [6.45, 7) is 0. The first-order chi connectivity index (χ1) is 28.8. The molecule has 0 fully saturated rings. The van der Waals surface area contributed by atoms with Crippen molar-refractivity contribution in [3.05, 3.63) is 222 Å². The van der Waals surface area contributed by atoms with Crippen molar-refractivity contribution in [3.63, 3.8) is 0 Å². The summed E-state index contributed by atoms with van der Waals surface area (Å²) < 4.78 is 5.32. The molecule has 0 N–H and O–H groups in total. The molecule has 9 aromatic carbocycles. The lowest BCUT2D eigenvalue weighted by Gasteiger charge is -2.32. The van der Waals surface area contributed by atoms with E-state index in [4.69, 9.17) is 0 Å². The third-order valence-corrected chi connectivity index (χ3v) is 15.0. The van der Waals surface area contributed by atoms with E-state index in [1.807, 2.05) is 22.7 Å². The zero-order valence-corrected chi connectivity index (χ0v) is 32.9. The summed E-state index contributed by atoms with van der Waals surface area (Å²) in [6, 6.07) is 74.9. The number of thiophene rings is 2. The Hall–Kier alpha value is -6.78. The second kappa shape index (κ2) is 12.1. The average molecular weight is 772 g/mol. The van der Waals surface area contributed by atoms with Crippen LogP contribution in [0.5, 0.6) is 0 Å². The first-order valence-electron chi connectivity index (χ1n) is 19.9. The third-order valence-electron chi connectivity index (χ3n) is 12.7. The second-order valence-corrected chi connectivity index (χ2v) is 17.6. The molecule has 1 unspecified atom stereocenters. The topological polar surface area (TPSA) is 3.24 Å². The molecule has 270 valence electrons. The molecule has 2 heterocycles. The van der Waals surface area contributed by atoms with Gasteiger partial charge in [0.1, 0.15) is 0 Å². The van der Waals surface area contributed by atoms with Gasteiger partial charge in [-0.25, -0.2) is 0 Å². The molecule has 2 aliphatic carbocycles. The highest BCUT2D eigenvalue weighted by Crippen LogP contribution is 2.66. The fourth-order valence-corrected chi connectivity index (χ4v) is 12.8. The highest BCUT2D eigenvalue weighted by Gasteiger charge is 2.53. The Bertz CT molecular complexity index is 3480. The van der Waals surface area contributed by atoms with Crippen molar-refractivity contribution in [2.24, 2.45) is 0 Å². The fourth-order valence-electron chi connectivity index (χ4n) is 10.4. The van der Waals surface area contributed by atoms with Crippen LogP contribution in [0.15, 0.2) is 200 Å². The molecule has 3 heteroatoms. The minimum atomic E-state index is -0.476. The van der Waals surface area contributed by atoms with Crippen LogP contribution in [0.2, 0.25) is 0 Å². The zero-order chi connectivity index (χ0) is 38.0. The van der Waals surface area contributed by atoms with Crippen molar-refractivity contribution >= 4 is 80.1 Å². The highest BCUT2D eigenvalue weighted by atomic mass is 32.1. The summed E-state index contributed by atoms with van der Waals surface area (Å²) in [4.78, 5) is 2.54. The first kappa shape index (κ1) is 32.3. The Kier molecular flexibility index (Phi) is 6.75. The van der Waals surface area contributed by atoms with E-state index >= 15 is 0 Å². The first-order valence-corrected chi connectivity index (χ1v) is 21.6. The molecule has 11 aromatic rings. The SMILES string of the molecule is c1ccc(-c2ccccc2N(c2ccc3sc4ccccc4c3c2)c2cccc3c2-c2ccccc2C32c3ccccc3-c3c2ccc2c3sc3ccccc32)cc1. The van der Waals surface area contributed by atoms with Crippen molar-refractivity contribution in [1.29, 1.82) is 0 Å². The van der Waals surface area contributed by atoms with Crippen molar-refractivity contribution in [2.75, 3.05) is 4.90 Å². The maximum Gasteiger partial charge on any atom is 0.0726 e. The van der Waals surface area contributed by atoms with Gasteiger partial charge in [-0.15, -0.1) is 22.7 Å². The van der Waals surface area contributed by atoms with Gasteiger partial charge in [-0.3, -0.25) is 0 Å². The Morgan fingerprint density at radius 3 is 1.71 bits per heavy atom. The van der Waals surface area contributed by atoms with Gasteiger partial charge in [0.05, 0.1) is 16.8 Å². The third kappa shape index (κ3) is 4.24. The minimum Gasteiger partial charge on any atom is -0.309 e. The maximum absolute atomic E-state index is 2.54. The van der Waals surface area contributed by atoms with Gasteiger partial charge < -0.3 is 4.90 Å². The van der Waals surface area contributed by atoms with Crippen LogP contribution in [0.4, 0.5) is 17.1 Å². The molecule has 0 aliphatic heterocycles. The van der Waals surface area contributed by atoms with Crippen LogP contribution in [0, 0.1) is 0 Å². The molecule has 0 saturated heterocycles. The van der Waals surface area contributed by atoms with E-state index in [0.29, 0.717) is 0 Å². The molecule has 1 spiro atoms. The lowest BCUT2D eigenvalue weighted by molar-refractivity contribution is 0.794. The predicted octanol–water partition coefficient (Wildman–Crippen LogP) is 15.9. The Labute approximate surface area is 344 Å². The fraction of sp³-hybridized carbons (Fsp3) is 0.0182. The number of fused-ring (bicyclic) bond motifs is 17. The van der Waals surface area contributed by atoms with Crippen molar-refractivity contribution in [2.45, 2.75) is 5.41 Å². The molecule has 58 heavy (non-hydrogen) atoms. The molecule has 13 rings (SSSR count). The molecule has 0 amide bonds. The molecular weight excluding hydrogens is 739 g/mol. The summed E-state index contributed by atoms with van der Waals surface area (Å²) in [5, 5.41) is 5.26. The highest BCUT2D eigenvalue weighted by molar-refractivity contribution is 7.26. The van der Waals surface area contributed by atoms with Gasteiger partial charge in [0, 0.05) is 62.7 Å². The van der Waals surface area contributed by atoms with Gasteiger partial charge in [0.15, 0.2) is 0 Å². The predicted molar refractivity (Wildman–Crippen MR) is 249 cm³/mol. The van der Waals surface area contributed by atoms with Gasteiger partial charge in [-0.1, -0.05) is 158 Å².